The summed E-state index contributed by atoms with van der Waals surface area (Å²) in [5.74, 6) is 0.380. The van der Waals surface area contributed by atoms with Crippen LogP contribution in [-0.2, 0) is 16.1 Å². The summed E-state index contributed by atoms with van der Waals surface area (Å²) in [6.07, 6.45) is 0.667. The third kappa shape index (κ3) is 5.93. The van der Waals surface area contributed by atoms with Gasteiger partial charge in [0.2, 0.25) is 5.24 Å². The van der Waals surface area contributed by atoms with Gasteiger partial charge in [-0.1, -0.05) is 0 Å². The highest BCUT2D eigenvalue weighted by Crippen LogP contribution is 2.16. The standard InChI is InChI=1S/C18H18ClNO6/c1-24-18(23)12-4-6-13(7-5-12)25-11-14-8-9-15(26-14)17(22)20-10-2-3-16(19)21/h4-9H,2-3,10-11H2,1H3,(H,20,22). The Kier molecular flexibility index (Phi) is 7.23. The van der Waals surface area contributed by atoms with Gasteiger partial charge in [-0.2, -0.15) is 0 Å². The average Bonchev–Trinajstić information content (AvgIpc) is 3.12. The van der Waals surface area contributed by atoms with Crippen molar-refractivity contribution in [2.45, 2.75) is 19.4 Å². The van der Waals surface area contributed by atoms with Crippen molar-refractivity contribution in [3.63, 3.8) is 0 Å². The predicted molar refractivity (Wildman–Crippen MR) is 93.2 cm³/mol. The van der Waals surface area contributed by atoms with Crippen LogP contribution >= 0.6 is 11.6 Å². The van der Waals surface area contributed by atoms with Gasteiger partial charge in [0.05, 0.1) is 12.7 Å². The number of carbonyl (C=O) groups is 3. The van der Waals surface area contributed by atoms with Gasteiger partial charge in [0.1, 0.15) is 18.1 Å². The Bertz CT molecular complexity index is 768. The topological polar surface area (TPSA) is 94.8 Å². The van der Waals surface area contributed by atoms with Crippen molar-refractivity contribution in [2.75, 3.05) is 13.7 Å². The van der Waals surface area contributed by atoms with Crippen molar-refractivity contribution >= 4 is 28.7 Å². The molecule has 1 aromatic carbocycles. The van der Waals surface area contributed by atoms with E-state index in [0.717, 1.165) is 0 Å². The van der Waals surface area contributed by atoms with Gasteiger partial charge in [0.25, 0.3) is 5.91 Å². The fourth-order valence-corrected chi connectivity index (χ4v) is 2.19. The summed E-state index contributed by atoms with van der Waals surface area (Å²) in [5, 5.41) is 2.20. The quantitative estimate of drug-likeness (QED) is 0.409. The molecular formula is C18H18ClNO6. The molecule has 1 N–H and O–H groups in total. The number of amides is 1. The number of hydrogen-bond donors (Lipinski definition) is 1. The van der Waals surface area contributed by atoms with E-state index >= 15 is 0 Å². The minimum Gasteiger partial charge on any atom is -0.486 e. The molecule has 0 aliphatic rings. The number of esters is 1. The van der Waals surface area contributed by atoms with Crippen molar-refractivity contribution in [2.24, 2.45) is 0 Å². The number of benzene rings is 1. The zero-order valence-corrected chi connectivity index (χ0v) is 14.9. The summed E-state index contributed by atoms with van der Waals surface area (Å²) in [6.45, 7) is 0.460. The van der Waals surface area contributed by atoms with Crippen LogP contribution in [0.15, 0.2) is 40.8 Å². The van der Waals surface area contributed by atoms with E-state index in [1.807, 2.05) is 0 Å². The van der Waals surface area contributed by atoms with E-state index < -0.39 is 11.2 Å². The number of carbonyl (C=O) groups excluding carboxylic acids is 3. The molecule has 0 aliphatic carbocycles. The van der Waals surface area contributed by atoms with Gasteiger partial charge >= 0.3 is 5.97 Å². The minimum absolute atomic E-state index is 0.131. The Balaban J connectivity index is 1.81. The van der Waals surface area contributed by atoms with E-state index in [-0.39, 0.29) is 24.7 Å². The van der Waals surface area contributed by atoms with Crippen molar-refractivity contribution in [3.8, 4) is 5.75 Å². The van der Waals surface area contributed by atoms with Crippen LogP contribution in [0.3, 0.4) is 0 Å². The molecule has 2 rings (SSSR count). The lowest BCUT2D eigenvalue weighted by Gasteiger charge is -2.05. The fourth-order valence-electron chi connectivity index (χ4n) is 2.05. The first-order chi connectivity index (χ1) is 12.5. The lowest BCUT2D eigenvalue weighted by Crippen LogP contribution is -2.24. The Morgan fingerprint density at radius 1 is 1.12 bits per heavy atom. The second-order valence-electron chi connectivity index (χ2n) is 5.29. The van der Waals surface area contributed by atoms with Gasteiger partial charge in [-0.05, 0) is 54.4 Å². The van der Waals surface area contributed by atoms with Crippen LogP contribution in [0.1, 0.15) is 39.5 Å². The van der Waals surface area contributed by atoms with Gasteiger partial charge in [0.15, 0.2) is 5.76 Å². The van der Waals surface area contributed by atoms with Gasteiger partial charge in [-0.15, -0.1) is 0 Å². The normalized spacial score (nSPS) is 10.2. The summed E-state index contributed by atoms with van der Waals surface area (Å²) >= 11 is 5.22. The maximum Gasteiger partial charge on any atom is 0.337 e. The number of ether oxygens (including phenoxy) is 2. The monoisotopic (exact) mass is 379 g/mol. The Labute approximate surface area is 155 Å². The highest BCUT2D eigenvalue weighted by molar-refractivity contribution is 6.63. The van der Waals surface area contributed by atoms with E-state index in [1.54, 1.807) is 36.4 Å². The molecule has 0 radical (unpaired) electrons. The number of rotatable bonds is 9. The smallest absolute Gasteiger partial charge is 0.337 e. The molecule has 0 spiro atoms. The van der Waals surface area contributed by atoms with E-state index in [1.165, 1.54) is 7.11 Å². The van der Waals surface area contributed by atoms with Crippen molar-refractivity contribution in [1.82, 2.24) is 5.32 Å². The summed E-state index contributed by atoms with van der Waals surface area (Å²) in [4.78, 5) is 33.9. The molecule has 0 unspecified atom stereocenters. The third-order valence-electron chi connectivity index (χ3n) is 3.38. The van der Waals surface area contributed by atoms with Crippen molar-refractivity contribution < 1.29 is 28.3 Å². The highest BCUT2D eigenvalue weighted by Gasteiger charge is 2.11. The Morgan fingerprint density at radius 2 is 1.85 bits per heavy atom. The molecule has 1 aromatic heterocycles. The maximum atomic E-state index is 11.9. The van der Waals surface area contributed by atoms with Crippen LogP contribution in [0.5, 0.6) is 5.75 Å². The molecular weight excluding hydrogens is 362 g/mol. The molecule has 8 heteroatoms. The van der Waals surface area contributed by atoms with E-state index in [9.17, 15) is 14.4 Å². The van der Waals surface area contributed by atoms with Gasteiger partial charge < -0.3 is 19.2 Å². The second-order valence-corrected chi connectivity index (χ2v) is 5.71. The lowest BCUT2D eigenvalue weighted by molar-refractivity contribution is -0.111. The van der Waals surface area contributed by atoms with Crippen molar-refractivity contribution in [1.29, 1.82) is 0 Å². The Morgan fingerprint density at radius 3 is 2.50 bits per heavy atom. The molecule has 7 nitrogen and oxygen atoms in total. The first-order valence-electron chi connectivity index (χ1n) is 7.86. The molecule has 0 aliphatic heterocycles. The molecule has 138 valence electrons. The number of nitrogens with one attached hydrogen (secondary N) is 1. The molecule has 2 aromatic rings. The van der Waals surface area contributed by atoms with Crippen LogP contribution in [0, 0.1) is 0 Å². The van der Waals surface area contributed by atoms with Gasteiger partial charge in [-0.3, -0.25) is 9.59 Å². The van der Waals surface area contributed by atoms with E-state index in [2.05, 4.69) is 10.1 Å². The summed E-state index contributed by atoms with van der Waals surface area (Å²) in [5.41, 5.74) is 0.424. The number of methoxy groups -OCH3 is 1. The largest absolute Gasteiger partial charge is 0.486 e. The van der Waals surface area contributed by atoms with Crippen molar-refractivity contribution in [3.05, 3.63) is 53.5 Å². The average molecular weight is 380 g/mol. The summed E-state index contributed by atoms with van der Waals surface area (Å²) < 4.78 is 15.6. The van der Waals surface area contributed by atoms with Crippen LogP contribution in [0.4, 0.5) is 0 Å². The van der Waals surface area contributed by atoms with Gasteiger partial charge in [-0.25, -0.2) is 4.79 Å². The molecule has 1 heterocycles. The summed E-state index contributed by atoms with van der Waals surface area (Å²) in [7, 11) is 1.31. The molecule has 1 amide bonds. The predicted octanol–water partition coefficient (Wildman–Crippen LogP) is 2.92. The van der Waals surface area contributed by atoms with Crippen LogP contribution in [-0.4, -0.2) is 30.8 Å². The fraction of sp³-hybridized carbons (Fsp3) is 0.278. The first-order valence-corrected chi connectivity index (χ1v) is 8.24. The number of hydrogen-bond acceptors (Lipinski definition) is 6. The molecule has 0 fully saturated rings. The van der Waals surface area contributed by atoms with Crippen LogP contribution in [0.2, 0.25) is 0 Å². The Hall–Kier alpha value is -2.80. The lowest BCUT2D eigenvalue weighted by atomic mass is 10.2. The first kappa shape index (κ1) is 19.5. The molecule has 0 bridgehead atoms. The van der Waals surface area contributed by atoms with Crippen LogP contribution < -0.4 is 10.1 Å². The molecule has 26 heavy (non-hydrogen) atoms. The molecule has 0 saturated heterocycles. The SMILES string of the molecule is COC(=O)c1ccc(OCc2ccc(C(=O)NCCCC(=O)Cl)o2)cc1. The molecule has 0 saturated carbocycles. The van der Waals surface area contributed by atoms with Gasteiger partial charge in [0, 0.05) is 13.0 Å². The maximum absolute atomic E-state index is 11.9. The second kappa shape index (κ2) is 9.62. The highest BCUT2D eigenvalue weighted by atomic mass is 35.5. The third-order valence-corrected chi connectivity index (χ3v) is 3.57. The zero-order chi connectivity index (χ0) is 18.9. The van der Waals surface area contributed by atoms with E-state index in [0.29, 0.717) is 30.0 Å². The van der Waals surface area contributed by atoms with Crippen LogP contribution in [0.25, 0.3) is 0 Å². The number of halogens is 1. The zero-order valence-electron chi connectivity index (χ0n) is 14.1. The number of furan rings is 1. The minimum atomic E-state index is -0.434. The van der Waals surface area contributed by atoms with E-state index in [4.69, 9.17) is 20.8 Å². The summed E-state index contributed by atoms with van der Waals surface area (Å²) in [6, 6.07) is 9.64. The molecule has 0 atom stereocenters.